The number of nitro groups is 1. The summed E-state index contributed by atoms with van der Waals surface area (Å²) in [5.74, 6) is -1.65. The number of nitro benzene ring substituents is 1. The highest BCUT2D eigenvalue weighted by Crippen LogP contribution is 2.23. The first-order valence-corrected chi connectivity index (χ1v) is 7.19. The van der Waals surface area contributed by atoms with Gasteiger partial charge in [-0.25, -0.2) is 4.79 Å². The summed E-state index contributed by atoms with van der Waals surface area (Å²) in [6, 6.07) is 11.5. The molecule has 0 aliphatic rings. The van der Waals surface area contributed by atoms with Gasteiger partial charge in [0.15, 0.2) is 6.61 Å². The molecule has 0 aromatic heterocycles. The van der Waals surface area contributed by atoms with Crippen LogP contribution in [-0.4, -0.2) is 23.4 Å². The molecule has 0 heterocycles. The monoisotopic (exact) mass is 359 g/mol. The Morgan fingerprint density at radius 1 is 1.24 bits per heavy atom. The lowest BCUT2D eigenvalue weighted by Gasteiger charge is -2.07. The van der Waals surface area contributed by atoms with E-state index in [1.54, 1.807) is 0 Å². The van der Waals surface area contributed by atoms with Gasteiger partial charge in [0.25, 0.3) is 11.6 Å². The standard InChI is InChI=1S/C16H10ClN3O5/c17-11-3-6-13(14(7-11)20(23)24)16(22)25-9-15(21)19-12-4-1-10(8-18)2-5-12/h1-7H,9H2,(H,19,21). The van der Waals surface area contributed by atoms with Crippen LogP contribution >= 0.6 is 11.6 Å². The summed E-state index contributed by atoms with van der Waals surface area (Å²) < 4.78 is 4.79. The molecule has 0 saturated heterocycles. The van der Waals surface area contributed by atoms with Gasteiger partial charge in [-0.1, -0.05) is 11.6 Å². The number of halogens is 1. The number of nitriles is 1. The molecule has 0 atom stereocenters. The van der Waals surface area contributed by atoms with Crippen molar-refractivity contribution in [3.8, 4) is 6.07 Å². The molecule has 126 valence electrons. The number of carbonyl (C=O) groups is 2. The number of esters is 1. The largest absolute Gasteiger partial charge is 0.452 e. The van der Waals surface area contributed by atoms with Gasteiger partial charge in [0.05, 0.1) is 16.6 Å². The number of nitrogens with one attached hydrogen (secondary N) is 1. The smallest absolute Gasteiger partial charge is 0.345 e. The molecule has 0 unspecified atom stereocenters. The van der Waals surface area contributed by atoms with Crippen LogP contribution in [0.2, 0.25) is 5.02 Å². The molecule has 0 radical (unpaired) electrons. The number of rotatable bonds is 5. The summed E-state index contributed by atoms with van der Waals surface area (Å²) in [6.45, 7) is -0.626. The molecule has 25 heavy (non-hydrogen) atoms. The van der Waals surface area contributed by atoms with Gasteiger partial charge in [-0.3, -0.25) is 14.9 Å². The normalized spacial score (nSPS) is 9.76. The van der Waals surface area contributed by atoms with Crippen molar-refractivity contribution in [1.29, 1.82) is 5.26 Å². The minimum Gasteiger partial charge on any atom is -0.452 e. The number of anilines is 1. The number of hydrogen-bond donors (Lipinski definition) is 1. The van der Waals surface area contributed by atoms with Crippen LogP contribution in [0.15, 0.2) is 42.5 Å². The van der Waals surface area contributed by atoms with E-state index in [2.05, 4.69) is 5.32 Å². The Morgan fingerprint density at radius 2 is 1.92 bits per heavy atom. The zero-order valence-corrected chi connectivity index (χ0v) is 13.3. The minimum atomic E-state index is -1.02. The predicted octanol–water partition coefficient (Wildman–Crippen LogP) is 2.92. The van der Waals surface area contributed by atoms with Crippen molar-refractivity contribution in [3.63, 3.8) is 0 Å². The van der Waals surface area contributed by atoms with Crippen LogP contribution in [0.25, 0.3) is 0 Å². The topological polar surface area (TPSA) is 122 Å². The second kappa shape index (κ2) is 7.90. The molecule has 8 nitrogen and oxygen atoms in total. The first-order chi connectivity index (χ1) is 11.9. The first kappa shape index (κ1) is 17.9. The maximum atomic E-state index is 11.9. The molecule has 0 aliphatic carbocycles. The van der Waals surface area contributed by atoms with E-state index in [4.69, 9.17) is 21.6 Å². The Balaban J connectivity index is 1.98. The average molecular weight is 360 g/mol. The number of benzene rings is 2. The summed E-state index contributed by atoms with van der Waals surface area (Å²) >= 11 is 5.66. The molecule has 2 aromatic carbocycles. The van der Waals surface area contributed by atoms with E-state index in [0.29, 0.717) is 11.3 Å². The van der Waals surface area contributed by atoms with E-state index < -0.39 is 29.1 Å². The average Bonchev–Trinajstić information content (AvgIpc) is 2.60. The van der Waals surface area contributed by atoms with Gasteiger partial charge in [-0.15, -0.1) is 0 Å². The minimum absolute atomic E-state index is 0.0989. The van der Waals surface area contributed by atoms with Crippen LogP contribution in [0.3, 0.4) is 0 Å². The van der Waals surface area contributed by atoms with E-state index >= 15 is 0 Å². The van der Waals surface area contributed by atoms with Crippen molar-refractivity contribution in [3.05, 3.63) is 68.7 Å². The van der Waals surface area contributed by atoms with Gasteiger partial charge in [-0.05, 0) is 36.4 Å². The zero-order chi connectivity index (χ0) is 18.4. The van der Waals surface area contributed by atoms with Crippen LogP contribution < -0.4 is 5.32 Å². The van der Waals surface area contributed by atoms with Crippen LogP contribution in [0.1, 0.15) is 15.9 Å². The highest BCUT2D eigenvalue weighted by atomic mass is 35.5. The van der Waals surface area contributed by atoms with Crippen molar-refractivity contribution in [2.24, 2.45) is 0 Å². The molecule has 0 bridgehead atoms. The SMILES string of the molecule is N#Cc1ccc(NC(=O)COC(=O)c2ccc(Cl)cc2[N+](=O)[O-])cc1. The molecule has 0 fully saturated rings. The van der Waals surface area contributed by atoms with Crippen molar-refractivity contribution in [2.75, 3.05) is 11.9 Å². The summed E-state index contributed by atoms with van der Waals surface area (Å²) in [4.78, 5) is 33.9. The quantitative estimate of drug-likeness (QED) is 0.497. The fourth-order valence-corrected chi connectivity index (χ4v) is 2.03. The zero-order valence-electron chi connectivity index (χ0n) is 12.6. The van der Waals surface area contributed by atoms with Gasteiger partial charge in [-0.2, -0.15) is 5.26 Å². The first-order valence-electron chi connectivity index (χ1n) is 6.82. The third kappa shape index (κ3) is 4.76. The van der Waals surface area contributed by atoms with E-state index in [1.807, 2.05) is 6.07 Å². The Morgan fingerprint density at radius 3 is 2.52 bits per heavy atom. The molecule has 9 heteroatoms. The second-order valence-corrected chi connectivity index (χ2v) is 5.17. The molecule has 2 aromatic rings. The Kier molecular flexibility index (Phi) is 5.66. The van der Waals surface area contributed by atoms with Crippen molar-refractivity contribution >= 4 is 34.9 Å². The second-order valence-electron chi connectivity index (χ2n) is 4.73. The molecule has 2 rings (SSSR count). The Bertz CT molecular complexity index is 874. The Labute approximate surface area is 146 Å². The van der Waals surface area contributed by atoms with Crippen LogP contribution in [0.4, 0.5) is 11.4 Å². The van der Waals surface area contributed by atoms with Crippen molar-refractivity contribution in [2.45, 2.75) is 0 Å². The fraction of sp³-hybridized carbons (Fsp3) is 0.0625. The number of ether oxygens (including phenoxy) is 1. The lowest BCUT2D eigenvalue weighted by Crippen LogP contribution is -2.21. The number of carbonyl (C=O) groups excluding carboxylic acids is 2. The van der Waals surface area contributed by atoms with E-state index in [1.165, 1.54) is 30.3 Å². The third-order valence-corrected chi connectivity index (χ3v) is 3.24. The molecule has 0 aliphatic heterocycles. The maximum Gasteiger partial charge on any atom is 0.345 e. The molecule has 1 N–H and O–H groups in total. The van der Waals surface area contributed by atoms with Crippen LogP contribution in [0, 0.1) is 21.4 Å². The number of amides is 1. The summed E-state index contributed by atoms with van der Waals surface area (Å²) in [5, 5.41) is 22.2. The van der Waals surface area contributed by atoms with E-state index in [9.17, 15) is 19.7 Å². The van der Waals surface area contributed by atoms with Gasteiger partial charge < -0.3 is 10.1 Å². The highest BCUT2D eigenvalue weighted by Gasteiger charge is 2.22. The van der Waals surface area contributed by atoms with Crippen molar-refractivity contribution < 1.29 is 19.2 Å². The maximum absolute atomic E-state index is 11.9. The third-order valence-electron chi connectivity index (χ3n) is 3.01. The lowest BCUT2D eigenvalue weighted by molar-refractivity contribution is -0.385. The number of nitrogens with zero attached hydrogens (tertiary/aromatic N) is 2. The van der Waals surface area contributed by atoms with Gasteiger partial charge in [0.2, 0.25) is 0 Å². The van der Waals surface area contributed by atoms with Crippen LogP contribution in [-0.2, 0) is 9.53 Å². The summed E-state index contributed by atoms with van der Waals surface area (Å²) in [5.41, 5.74) is 0.0302. The van der Waals surface area contributed by atoms with E-state index in [-0.39, 0.29) is 10.6 Å². The van der Waals surface area contributed by atoms with Gasteiger partial charge >= 0.3 is 5.97 Å². The van der Waals surface area contributed by atoms with Gasteiger partial charge in [0.1, 0.15) is 5.56 Å². The highest BCUT2D eigenvalue weighted by molar-refractivity contribution is 6.31. The fourth-order valence-electron chi connectivity index (χ4n) is 1.86. The molecule has 0 saturated carbocycles. The molecular weight excluding hydrogens is 350 g/mol. The van der Waals surface area contributed by atoms with Crippen LogP contribution in [0.5, 0.6) is 0 Å². The van der Waals surface area contributed by atoms with Crippen molar-refractivity contribution in [1.82, 2.24) is 0 Å². The Hall–Kier alpha value is -3.44. The lowest BCUT2D eigenvalue weighted by atomic mass is 10.2. The molecule has 0 spiro atoms. The van der Waals surface area contributed by atoms with Gasteiger partial charge in [0, 0.05) is 16.8 Å². The molecular formula is C16H10ClN3O5. The predicted molar refractivity (Wildman–Crippen MR) is 88.2 cm³/mol. The number of hydrogen-bond acceptors (Lipinski definition) is 6. The summed E-state index contributed by atoms with van der Waals surface area (Å²) in [6.07, 6.45) is 0. The molecule has 1 amide bonds. The van der Waals surface area contributed by atoms with E-state index in [0.717, 1.165) is 12.1 Å². The summed E-state index contributed by atoms with van der Waals surface area (Å²) in [7, 11) is 0.